The third-order valence-corrected chi connectivity index (χ3v) is 4.17. The van der Waals surface area contributed by atoms with E-state index < -0.39 is 0 Å². The maximum atomic E-state index is 12.8. The highest BCUT2D eigenvalue weighted by atomic mass is 16.5. The molecule has 3 aromatic rings. The van der Waals surface area contributed by atoms with Gasteiger partial charge in [-0.25, -0.2) is 0 Å². The van der Waals surface area contributed by atoms with E-state index >= 15 is 0 Å². The summed E-state index contributed by atoms with van der Waals surface area (Å²) >= 11 is 0. The van der Waals surface area contributed by atoms with Crippen LogP contribution in [-0.4, -0.2) is 46.8 Å². The highest BCUT2D eigenvalue weighted by Gasteiger charge is 2.16. The molecule has 2 aromatic heterocycles. The third-order valence-electron chi connectivity index (χ3n) is 4.17. The first kappa shape index (κ1) is 18.4. The first-order chi connectivity index (χ1) is 12.9. The van der Waals surface area contributed by atoms with E-state index in [4.69, 9.17) is 14.0 Å². The average Bonchev–Trinajstić information content (AvgIpc) is 3.07. The fourth-order valence-electron chi connectivity index (χ4n) is 2.78. The van der Waals surface area contributed by atoms with Crippen molar-refractivity contribution in [3.8, 4) is 11.5 Å². The number of likely N-dealkylation sites (N-methyl/N-ethyl adjacent to an activating group) is 1. The minimum Gasteiger partial charge on any atom is -0.493 e. The number of aromatic nitrogens is 3. The molecule has 9 nitrogen and oxygen atoms in total. The molecule has 0 atom stereocenters. The van der Waals surface area contributed by atoms with Gasteiger partial charge in [-0.2, -0.15) is 4.98 Å². The van der Waals surface area contributed by atoms with E-state index in [1.54, 1.807) is 38.4 Å². The second-order valence-corrected chi connectivity index (χ2v) is 6.00. The second-order valence-electron chi connectivity index (χ2n) is 6.00. The van der Waals surface area contributed by atoms with Gasteiger partial charge in [0.05, 0.1) is 26.2 Å². The minimum absolute atomic E-state index is 0.104. The van der Waals surface area contributed by atoms with Crippen LogP contribution in [0, 0.1) is 6.92 Å². The van der Waals surface area contributed by atoms with Crippen LogP contribution in [0.2, 0.25) is 0 Å². The predicted octanol–water partition coefficient (Wildman–Crippen LogP) is 1.37. The summed E-state index contributed by atoms with van der Waals surface area (Å²) in [6, 6.07) is 5.05. The Balaban J connectivity index is 1.85. The Kier molecular flexibility index (Phi) is 5.11. The van der Waals surface area contributed by atoms with Crippen LogP contribution in [0.3, 0.4) is 0 Å². The van der Waals surface area contributed by atoms with Crippen molar-refractivity contribution in [1.29, 1.82) is 0 Å². The smallest absolute Gasteiger partial charge is 0.259 e. The molecule has 9 heteroatoms. The van der Waals surface area contributed by atoms with Gasteiger partial charge in [0.15, 0.2) is 17.3 Å². The van der Waals surface area contributed by atoms with E-state index in [1.165, 1.54) is 23.7 Å². The molecular weight excluding hydrogens is 352 g/mol. The van der Waals surface area contributed by atoms with Gasteiger partial charge in [-0.15, -0.1) is 0 Å². The molecule has 3 rings (SSSR count). The zero-order valence-electron chi connectivity index (χ0n) is 15.6. The molecule has 0 saturated heterocycles. The van der Waals surface area contributed by atoms with Crippen LogP contribution in [0.1, 0.15) is 11.7 Å². The SMILES string of the molecule is COc1ccc2c(=O)n(CC(=O)N(C)Cc3nc(C)no3)ccc2c1OC. The van der Waals surface area contributed by atoms with Crippen molar-refractivity contribution >= 4 is 16.7 Å². The van der Waals surface area contributed by atoms with Gasteiger partial charge in [0.25, 0.3) is 5.56 Å². The molecule has 0 N–H and O–H groups in total. The quantitative estimate of drug-likeness (QED) is 0.644. The van der Waals surface area contributed by atoms with Crippen LogP contribution in [0.5, 0.6) is 11.5 Å². The van der Waals surface area contributed by atoms with E-state index in [1.807, 2.05) is 0 Å². The Morgan fingerprint density at radius 2 is 2.00 bits per heavy atom. The molecule has 0 fully saturated rings. The molecule has 1 aromatic carbocycles. The van der Waals surface area contributed by atoms with Crippen molar-refractivity contribution in [2.45, 2.75) is 20.0 Å². The molecule has 0 radical (unpaired) electrons. The summed E-state index contributed by atoms with van der Waals surface area (Å²) < 4.78 is 17.0. The summed E-state index contributed by atoms with van der Waals surface area (Å²) in [5, 5.41) is 4.76. The summed E-state index contributed by atoms with van der Waals surface area (Å²) in [5.74, 6) is 1.60. The lowest BCUT2D eigenvalue weighted by atomic mass is 10.1. The number of hydrogen-bond acceptors (Lipinski definition) is 7. The molecular formula is C18H20N4O5. The van der Waals surface area contributed by atoms with E-state index in [2.05, 4.69) is 10.1 Å². The molecule has 0 bridgehead atoms. The maximum absolute atomic E-state index is 12.8. The van der Waals surface area contributed by atoms with Crippen molar-refractivity contribution in [2.24, 2.45) is 0 Å². The van der Waals surface area contributed by atoms with Crippen LogP contribution in [0.4, 0.5) is 0 Å². The maximum Gasteiger partial charge on any atom is 0.259 e. The molecule has 0 aliphatic heterocycles. The van der Waals surface area contributed by atoms with Crippen molar-refractivity contribution < 1.29 is 18.8 Å². The third kappa shape index (κ3) is 3.62. The van der Waals surface area contributed by atoms with Crippen LogP contribution >= 0.6 is 0 Å². The monoisotopic (exact) mass is 372 g/mol. The lowest BCUT2D eigenvalue weighted by Gasteiger charge is -2.16. The fraction of sp³-hybridized carbons (Fsp3) is 0.333. The van der Waals surface area contributed by atoms with Crippen LogP contribution in [0.25, 0.3) is 10.8 Å². The molecule has 2 heterocycles. The number of ether oxygens (including phenoxy) is 2. The number of carbonyl (C=O) groups is 1. The summed E-state index contributed by atoms with van der Waals surface area (Å²) in [6.45, 7) is 1.77. The second kappa shape index (κ2) is 7.48. The number of benzene rings is 1. The van der Waals surface area contributed by atoms with Crippen LogP contribution < -0.4 is 15.0 Å². The Morgan fingerprint density at radius 3 is 2.63 bits per heavy atom. The first-order valence-electron chi connectivity index (χ1n) is 8.22. The van der Waals surface area contributed by atoms with Gasteiger partial charge in [-0.05, 0) is 25.1 Å². The average molecular weight is 372 g/mol. The van der Waals surface area contributed by atoms with Crippen molar-refractivity contribution in [3.05, 3.63) is 46.5 Å². The number of pyridine rings is 1. The van der Waals surface area contributed by atoms with E-state index in [0.29, 0.717) is 34.0 Å². The fourth-order valence-corrected chi connectivity index (χ4v) is 2.78. The summed E-state index contributed by atoms with van der Waals surface area (Å²) in [7, 11) is 4.66. The number of amides is 1. The van der Waals surface area contributed by atoms with Gasteiger partial charge in [0, 0.05) is 18.6 Å². The Morgan fingerprint density at radius 1 is 1.22 bits per heavy atom. The van der Waals surface area contributed by atoms with Gasteiger partial charge in [-0.1, -0.05) is 5.16 Å². The number of methoxy groups -OCH3 is 2. The van der Waals surface area contributed by atoms with Crippen LogP contribution in [-0.2, 0) is 17.9 Å². The summed E-state index contributed by atoms with van der Waals surface area (Å²) in [4.78, 5) is 30.7. The summed E-state index contributed by atoms with van der Waals surface area (Å²) in [6.07, 6.45) is 1.56. The highest BCUT2D eigenvalue weighted by Crippen LogP contribution is 2.33. The topological polar surface area (TPSA) is 99.7 Å². The number of hydrogen-bond donors (Lipinski definition) is 0. The minimum atomic E-state index is -0.288. The number of fused-ring (bicyclic) bond motifs is 1. The molecule has 0 saturated carbocycles. The van der Waals surface area contributed by atoms with Gasteiger partial charge >= 0.3 is 0 Å². The molecule has 142 valence electrons. The van der Waals surface area contributed by atoms with E-state index in [9.17, 15) is 9.59 Å². The largest absolute Gasteiger partial charge is 0.493 e. The van der Waals surface area contributed by atoms with Gasteiger partial charge in [-0.3, -0.25) is 9.59 Å². The van der Waals surface area contributed by atoms with Gasteiger partial charge < -0.3 is 23.5 Å². The zero-order chi connectivity index (χ0) is 19.6. The van der Waals surface area contributed by atoms with E-state index in [0.717, 1.165) is 0 Å². The zero-order valence-corrected chi connectivity index (χ0v) is 15.6. The molecule has 1 amide bonds. The van der Waals surface area contributed by atoms with Crippen LogP contribution in [0.15, 0.2) is 33.7 Å². The molecule has 0 aliphatic rings. The summed E-state index contributed by atoms with van der Waals surface area (Å²) in [5.41, 5.74) is -0.288. The van der Waals surface area contributed by atoms with Gasteiger partial charge in [0.2, 0.25) is 11.8 Å². The molecule has 27 heavy (non-hydrogen) atoms. The lowest BCUT2D eigenvalue weighted by molar-refractivity contribution is -0.131. The van der Waals surface area contributed by atoms with E-state index in [-0.39, 0.29) is 24.6 Å². The highest BCUT2D eigenvalue weighted by molar-refractivity contribution is 5.90. The molecule has 0 unspecified atom stereocenters. The first-order valence-corrected chi connectivity index (χ1v) is 8.22. The predicted molar refractivity (Wildman–Crippen MR) is 96.8 cm³/mol. The Bertz CT molecular complexity index is 1040. The van der Waals surface area contributed by atoms with Crippen molar-refractivity contribution in [2.75, 3.05) is 21.3 Å². The number of rotatable bonds is 6. The van der Waals surface area contributed by atoms with Gasteiger partial charge in [0.1, 0.15) is 6.54 Å². The standard InChI is InChI=1S/C18H20N4O5/c1-11-19-15(27-20-11)9-21(2)16(23)10-22-8-7-12-13(18(22)24)5-6-14(25-3)17(12)26-4/h5-8H,9-10H2,1-4H3. The van der Waals surface area contributed by atoms with Crippen molar-refractivity contribution in [1.82, 2.24) is 19.6 Å². The lowest BCUT2D eigenvalue weighted by Crippen LogP contribution is -2.33. The molecule has 0 spiro atoms. The number of aryl methyl sites for hydroxylation is 1. The van der Waals surface area contributed by atoms with Crippen molar-refractivity contribution in [3.63, 3.8) is 0 Å². The normalized spacial score (nSPS) is 10.8. The number of carbonyl (C=O) groups excluding carboxylic acids is 1. The Labute approximate surface area is 155 Å². The number of nitrogens with zero attached hydrogens (tertiary/aromatic N) is 4. The Hall–Kier alpha value is -3.36. The molecule has 0 aliphatic carbocycles.